The van der Waals surface area contributed by atoms with Crippen LogP contribution >= 0.6 is 10.7 Å². The largest absolute Gasteiger partial charge is 0.506 e. The van der Waals surface area contributed by atoms with Crippen LogP contribution in [-0.2, 0) is 9.05 Å². The third-order valence-electron chi connectivity index (χ3n) is 1.34. The van der Waals surface area contributed by atoms with Gasteiger partial charge >= 0.3 is 0 Å². The van der Waals surface area contributed by atoms with Gasteiger partial charge < -0.3 is 5.11 Å². The van der Waals surface area contributed by atoms with Crippen molar-refractivity contribution >= 4 is 19.7 Å². The van der Waals surface area contributed by atoms with Crippen LogP contribution in [0.15, 0.2) is 17.2 Å². The van der Waals surface area contributed by atoms with E-state index in [4.69, 9.17) is 15.8 Å². The van der Waals surface area contributed by atoms with Crippen molar-refractivity contribution in [2.75, 3.05) is 0 Å². The normalized spacial score (nSPS) is 12.0. The zero-order valence-electron chi connectivity index (χ0n) is 6.49. The Morgan fingerprint density at radius 2 is 2.07 bits per heavy atom. The van der Waals surface area contributed by atoms with Crippen LogP contribution in [0.4, 0.5) is 8.78 Å². The lowest BCUT2D eigenvalue weighted by Crippen LogP contribution is -2.01. The van der Waals surface area contributed by atoms with Gasteiger partial charge in [0.2, 0.25) is 0 Å². The number of hydrogen-bond acceptors (Lipinski definition) is 4. The molecule has 0 spiro atoms. The fourth-order valence-corrected chi connectivity index (χ4v) is 1.83. The SMILES string of the molecule is O=S(=O)(Cl)c1cc(O)cnc1C(F)F. The molecule has 0 saturated heterocycles. The van der Waals surface area contributed by atoms with Crippen molar-refractivity contribution in [3.05, 3.63) is 18.0 Å². The summed E-state index contributed by atoms with van der Waals surface area (Å²) in [5, 5.41) is 8.85. The number of rotatable bonds is 2. The van der Waals surface area contributed by atoms with Crippen molar-refractivity contribution in [3.8, 4) is 5.75 Å². The van der Waals surface area contributed by atoms with Crippen LogP contribution in [0.5, 0.6) is 5.75 Å². The first kappa shape index (κ1) is 11.1. The van der Waals surface area contributed by atoms with Crippen molar-refractivity contribution in [2.24, 2.45) is 0 Å². The van der Waals surface area contributed by atoms with E-state index in [0.29, 0.717) is 12.3 Å². The molecule has 0 unspecified atom stereocenters. The maximum absolute atomic E-state index is 12.2. The van der Waals surface area contributed by atoms with Gasteiger partial charge in [0.1, 0.15) is 16.3 Å². The Morgan fingerprint density at radius 3 is 2.50 bits per heavy atom. The number of pyridine rings is 1. The Morgan fingerprint density at radius 1 is 1.50 bits per heavy atom. The van der Waals surface area contributed by atoms with Crippen LogP contribution in [-0.4, -0.2) is 18.5 Å². The molecule has 14 heavy (non-hydrogen) atoms. The number of alkyl halides is 2. The fourth-order valence-electron chi connectivity index (χ4n) is 0.804. The van der Waals surface area contributed by atoms with E-state index < -0.39 is 31.8 Å². The van der Waals surface area contributed by atoms with E-state index in [9.17, 15) is 17.2 Å². The van der Waals surface area contributed by atoms with Gasteiger partial charge in [-0.15, -0.1) is 0 Å². The third kappa shape index (κ3) is 2.30. The first-order valence-electron chi connectivity index (χ1n) is 3.24. The van der Waals surface area contributed by atoms with Crippen LogP contribution in [0.25, 0.3) is 0 Å². The lowest BCUT2D eigenvalue weighted by atomic mass is 10.3. The lowest BCUT2D eigenvalue weighted by Gasteiger charge is -2.04. The molecule has 1 N–H and O–H groups in total. The van der Waals surface area contributed by atoms with E-state index in [1.807, 2.05) is 0 Å². The summed E-state index contributed by atoms with van der Waals surface area (Å²) in [6, 6.07) is 0.622. The lowest BCUT2D eigenvalue weighted by molar-refractivity contribution is 0.142. The number of aromatic hydroxyl groups is 1. The molecule has 0 atom stereocenters. The summed E-state index contributed by atoms with van der Waals surface area (Å²) in [5.41, 5.74) is -0.974. The highest BCUT2D eigenvalue weighted by molar-refractivity contribution is 8.13. The highest BCUT2D eigenvalue weighted by Crippen LogP contribution is 2.29. The van der Waals surface area contributed by atoms with E-state index >= 15 is 0 Å². The fraction of sp³-hybridized carbons (Fsp3) is 0.167. The summed E-state index contributed by atoms with van der Waals surface area (Å²) in [6.07, 6.45) is -2.35. The van der Waals surface area contributed by atoms with Crippen molar-refractivity contribution < 1.29 is 22.3 Å². The molecule has 0 amide bonds. The van der Waals surface area contributed by atoms with E-state index in [-0.39, 0.29) is 0 Å². The minimum atomic E-state index is -4.33. The Kier molecular flexibility index (Phi) is 2.91. The standard InChI is InChI=1S/C6H4ClF2NO3S/c7-14(12,13)4-1-3(11)2-10-5(4)6(8)9/h1-2,6,11H. The Hall–Kier alpha value is -0.950. The molecule has 0 saturated carbocycles. The van der Waals surface area contributed by atoms with E-state index in [1.54, 1.807) is 0 Å². The van der Waals surface area contributed by atoms with E-state index in [1.165, 1.54) is 0 Å². The van der Waals surface area contributed by atoms with Crippen LogP contribution < -0.4 is 0 Å². The third-order valence-corrected chi connectivity index (χ3v) is 2.69. The predicted molar refractivity (Wildman–Crippen MR) is 43.9 cm³/mol. The number of aromatic nitrogens is 1. The molecular formula is C6H4ClF2NO3S. The highest BCUT2D eigenvalue weighted by atomic mass is 35.7. The Balaban J connectivity index is 3.46. The van der Waals surface area contributed by atoms with Crippen LogP contribution in [0.2, 0.25) is 0 Å². The summed E-state index contributed by atoms with van der Waals surface area (Å²) in [7, 11) is 0.536. The van der Waals surface area contributed by atoms with Gasteiger partial charge in [-0.3, -0.25) is 0 Å². The maximum atomic E-state index is 12.2. The van der Waals surface area contributed by atoms with Crippen molar-refractivity contribution in [1.82, 2.24) is 4.98 Å². The predicted octanol–water partition coefficient (Wildman–Crippen LogP) is 1.65. The molecule has 0 bridgehead atoms. The van der Waals surface area contributed by atoms with Gasteiger partial charge in [0.15, 0.2) is 0 Å². The summed E-state index contributed by atoms with van der Waals surface area (Å²) in [4.78, 5) is 2.20. The van der Waals surface area contributed by atoms with Gasteiger partial charge in [0.05, 0.1) is 6.20 Å². The van der Waals surface area contributed by atoms with Gasteiger partial charge in [0.25, 0.3) is 15.5 Å². The molecule has 0 aliphatic rings. The topological polar surface area (TPSA) is 67.3 Å². The first-order chi connectivity index (χ1) is 6.32. The Bertz CT molecular complexity index is 448. The monoisotopic (exact) mass is 243 g/mol. The minimum Gasteiger partial charge on any atom is -0.506 e. The second-order valence-corrected chi connectivity index (χ2v) is 4.85. The molecule has 8 heteroatoms. The molecule has 0 aliphatic heterocycles. The molecule has 0 fully saturated rings. The average molecular weight is 244 g/mol. The molecule has 1 aromatic rings. The second kappa shape index (κ2) is 3.66. The average Bonchev–Trinajstić information content (AvgIpc) is 2.01. The van der Waals surface area contributed by atoms with Crippen LogP contribution in [0.3, 0.4) is 0 Å². The molecule has 4 nitrogen and oxygen atoms in total. The molecule has 1 heterocycles. The van der Waals surface area contributed by atoms with E-state index in [0.717, 1.165) is 0 Å². The van der Waals surface area contributed by atoms with Crippen molar-refractivity contribution in [1.29, 1.82) is 0 Å². The van der Waals surface area contributed by atoms with E-state index in [2.05, 4.69) is 4.98 Å². The summed E-state index contributed by atoms with van der Waals surface area (Å²) in [6.45, 7) is 0. The molecule has 78 valence electrons. The highest BCUT2D eigenvalue weighted by Gasteiger charge is 2.23. The number of nitrogens with zero attached hydrogens (tertiary/aromatic N) is 1. The molecule has 1 rings (SSSR count). The number of halogens is 3. The van der Waals surface area contributed by atoms with Gasteiger partial charge in [-0.05, 0) is 0 Å². The van der Waals surface area contributed by atoms with Crippen molar-refractivity contribution in [2.45, 2.75) is 11.3 Å². The molecule has 0 aliphatic carbocycles. The Labute approximate surface area is 82.6 Å². The summed E-state index contributed by atoms with van der Waals surface area (Å²) < 4.78 is 46.0. The van der Waals surface area contributed by atoms with Crippen LogP contribution in [0.1, 0.15) is 12.1 Å². The van der Waals surface area contributed by atoms with Gasteiger partial charge in [-0.25, -0.2) is 22.2 Å². The molecule has 0 radical (unpaired) electrons. The zero-order valence-corrected chi connectivity index (χ0v) is 8.06. The maximum Gasteiger partial charge on any atom is 0.281 e. The van der Waals surface area contributed by atoms with Crippen molar-refractivity contribution in [3.63, 3.8) is 0 Å². The number of hydrogen-bond donors (Lipinski definition) is 1. The molecule has 1 aromatic heterocycles. The summed E-state index contributed by atoms with van der Waals surface area (Å²) in [5.74, 6) is -0.548. The zero-order chi connectivity index (χ0) is 10.9. The van der Waals surface area contributed by atoms with Gasteiger partial charge in [-0.1, -0.05) is 0 Å². The quantitative estimate of drug-likeness (QED) is 0.802. The van der Waals surface area contributed by atoms with Gasteiger partial charge in [-0.2, -0.15) is 0 Å². The first-order valence-corrected chi connectivity index (χ1v) is 5.55. The molecular weight excluding hydrogens is 240 g/mol. The minimum absolute atomic E-state index is 0.548. The smallest absolute Gasteiger partial charge is 0.281 e. The van der Waals surface area contributed by atoms with Crippen LogP contribution in [0, 0.1) is 0 Å². The second-order valence-electron chi connectivity index (χ2n) is 2.32. The summed E-state index contributed by atoms with van der Waals surface area (Å²) >= 11 is 0. The molecule has 0 aromatic carbocycles. The van der Waals surface area contributed by atoms with Gasteiger partial charge in [0, 0.05) is 16.7 Å².